The number of hydrogen-bond acceptors (Lipinski definition) is 4. The van der Waals surface area contributed by atoms with Gasteiger partial charge < -0.3 is 5.32 Å². The molecule has 0 bridgehead atoms. The fraction of sp³-hybridized carbons (Fsp3) is 0.227. The number of carbonyl (C=O) groups is 1. The maximum Gasteiger partial charge on any atom is 0.234 e. The van der Waals surface area contributed by atoms with Crippen molar-refractivity contribution in [3.63, 3.8) is 0 Å². The second-order valence-electron chi connectivity index (χ2n) is 6.83. The first-order valence-electron chi connectivity index (χ1n) is 9.30. The first-order chi connectivity index (χ1) is 14.0. The van der Waals surface area contributed by atoms with E-state index in [2.05, 4.69) is 60.2 Å². The van der Waals surface area contributed by atoms with E-state index < -0.39 is 0 Å². The Kier molecular flexibility index (Phi) is 7.12. The molecule has 5 nitrogen and oxygen atoms in total. The second kappa shape index (κ2) is 9.76. The summed E-state index contributed by atoms with van der Waals surface area (Å²) in [6, 6.07) is 15.3. The number of halogens is 1. The van der Waals surface area contributed by atoms with E-state index in [0.717, 1.165) is 11.4 Å². The number of rotatable bonds is 8. The zero-order valence-electron chi connectivity index (χ0n) is 16.4. The van der Waals surface area contributed by atoms with Gasteiger partial charge in [-0.2, -0.15) is 0 Å². The number of aromatic nitrogens is 3. The molecule has 0 radical (unpaired) electrons. The number of hydrogen-bond donors (Lipinski definition) is 1. The molecule has 3 aromatic rings. The highest BCUT2D eigenvalue weighted by Crippen LogP contribution is 2.26. The van der Waals surface area contributed by atoms with Crippen molar-refractivity contribution in [1.82, 2.24) is 14.8 Å². The molecule has 0 aliphatic carbocycles. The van der Waals surface area contributed by atoms with Gasteiger partial charge in [0.2, 0.25) is 5.91 Å². The molecule has 0 atom stereocenters. The van der Waals surface area contributed by atoms with Crippen molar-refractivity contribution in [2.75, 3.05) is 11.1 Å². The van der Waals surface area contributed by atoms with Crippen molar-refractivity contribution in [2.24, 2.45) is 0 Å². The van der Waals surface area contributed by atoms with Crippen LogP contribution in [0.1, 0.15) is 25.3 Å². The predicted molar refractivity (Wildman–Crippen MR) is 121 cm³/mol. The highest BCUT2D eigenvalue weighted by molar-refractivity contribution is 7.99. The van der Waals surface area contributed by atoms with E-state index in [1.54, 1.807) is 30.3 Å². The van der Waals surface area contributed by atoms with Gasteiger partial charge in [0, 0.05) is 22.8 Å². The molecule has 0 saturated heterocycles. The van der Waals surface area contributed by atoms with Crippen LogP contribution < -0.4 is 5.32 Å². The van der Waals surface area contributed by atoms with E-state index in [4.69, 9.17) is 11.6 Å². The lowest BCUT2D eigenvalue weighted by Gasteiger charge is -2.10. The topological polar surface area (TPSA) is 59.8 Å². The van der Waals surface area contributed by atoms with Gasteiger partial charge in [0.25, 0.3) is 0 Å². The number of anilines is 1. The van der Waals surface area contributed by atoms with Crippen LogP contribution in [0.3, 0.4) is 0 Å². The van der Waals surface area contributed by atoms with E-state index >= 15 is 0 Å². The van der Waals surface area contributed by atoms with Gasteiger partial charge in [-0.3, -0.25) is 9.36 Å². The number of carbonyl (C=O) groups excluding carboxylic acids is 1. The Morgan fingerprint density at radius 1 is 1.17 bits per heavy atom. The van der Waals surface area contributed by atoms with Crippen LogP contribution in [0.4, 0.5) is 5.69 Å². The summed E-state index contributed by atoms with van der Waals surface area (Å²) in [6.45, 7) is 8.73. The van der Waals surface area contributed by atoms with Crippen molar-refractivity contribution >= 4 is 35.0 Å². The molecule has 0 aliphatic rings. The molecule has 0 aliphatic heterocycles. The standard InChI is InChI=1S/C22H23ClN4OS/c1-4-13-27-21(17-7-5-16(6-8-17)15(2)3)25-26-22(27)29-14-20(28)24-19-11-9-18(23)10-12-19/h4-12,15H,1,13-14H2,2-3H3,(H,24,28). The fourth-order valence-corrected chi connectivity index (χ4v) is 3.65. The summed E-state index contributed by atoms with van der Waals surface area (Å²) in [5.74, 6) is 1.35. The van der Waals surface area contributed by atoms with E-state index in [1.165, 1.54) is 17.3 Å². The van der Waals surface area contributed by atoms with Gasteiger partial charge in [-0.1, -0.05) is 67.6 Å². The molecule has 0 fully saturated rings. The first kappa shape index (κ1) is 21.1. The van der Waals surface area contributed by atoms with Crippen molar-refractivity contribution in [3.05, 3.63) is 71.8 Å². The molecular weight excluding hydrogens is 404 g/mol. The van der Waals surface area contributed by atoms with Crippen LogP contribution >= 0.6 is 23.4 Å². The molecular formula is C22H23ClN4OS. The third-order valence-electron chi connectivity index (χ3n) is 4.32. The molecule has 3 rings (SSSR count). The highest BCUT2D eigenvalue weighted by Gasteiger charge is 2.15. The largest absolute Gasteiger partial charge is 0.325 e. The Morgan fingerprint density at radius 3 is 2.48 bits per heavy atom. The summed E-state index contributed by atoms with van der Waals surface area (Å²) >= 11 is 7.21. The lowest BCUT2D eigenvalue weighted by molar-refractivity contribution is -0.113. The van der Waals surface area contributed by atoms with Crippen molar-refractivity contribution in [2.45, 2.75) is 31.5 Å². The zero-order valence-corrected chi connectivity index (χ0v) is 18.0. The SMILES string of the molecule is C=CCn1c(SCC(=O)Nc2ccc(Cl)cc2)nnc1-c1ccc(C(C)C)cc1. The van der Waals surface area contributed by atoms with Crippen molar-refractivity contribution in [1.29, 1.82) is 0 Å². The minimum Gasteiger partial charge on any atom is -0.325 e. The molecule has 1 aromatic heterocycles. The van der Waals surface area contributed by atoms with Gasteiger partial charge in [0.15, 0.2) is 11.0 Å². The van der Waals surface area contributed by atoms with Crippen LogP contribution in [0.5, 0.6) is 0 Å². The van der Waals surface area contributed by atoms with Crippen LogP contribution in [0, 0.1) is 0 Å². The minimum absolute atomic E-state index is 0.117. The summed E-state index contributed by atoms with van der Waals surface area (Å²) in [4.78, 5) is 12.3. The molecule has 150 valence electrons. The molecule has 0 unspecified atom stereocenters. The molecule has 1 amide bonds. The molecule has 7 heteroatoms. The van der Waals surface area contributed by atoms with Crippen molar-refractivity contribution < 1.29 is 4.79 Å². The van der Waals surface area contributed by atoms with Crippen LogP contribution in [-0.2, 0) is 11.3 Å². The number of nitrogens with zero attached hydrogens (tertiary/aromatic N) is 3. The van der Waals surface area contributed by atoms with Gasteiger partial charge in [0.05, 0.1) is 5.75 Å². The van der Waals surface area contributed by atoms with E-state index in [0.29, 0.717) is 28.3 Å². The summed E-state index contributed by atoms with van der Waals surface area (Å²) in [7, 11) is 0. The average molecular weight is 427 g/mol. The maximum absolute atomic E-state index is 12.3. The summed E-state index contributed by atoms with van der Waals surface area (Å²) in [5, 5.41) is 12.8. The van der Waals surface area contributed by atoms with Crippen LogP contribution in [0.25, 0.3) is 11.4 Å². The molecule has 0 saturated carbocycles. The Morgan fingerprint density at radius 2 is 1.86 bits per heavy atom. The third kappa shape index (κ3) is 5.49. The summed E-state index contributed by atoms with van der Waals surface area (Å²) in [6.07, 6.45) is 1.80. The zero-order chi connectivity index (χ0) is 20.8. The predicted octanol–water partition coefficient (Wildman–Crippen LogP) is 5.64. The molecule has 1 N–H and O–H groups in total. The monoisotopic (exact) mass is 426 g/mol. The normalized spacial score (nSPS) is 10.9. The number of thioether (sulfide) groups is 1. The van der Waals surface area contributed by atoms with Gasteiger partial charge in [0.1, 0.15) is 0 Å². The molecule has 29 heavy (non-hydrogen) atoms. The number of amides is 1. The average Bonchev–Trinajstić information content (AvgIpc) is 3.11. The smallest absolute Gasteiger partial charge is 0.234 e. The molecule has 0 spiro atoms. The lowest BCUT2D eigenvalue weighted by Crippen LogP contribution is -2.14. The molecule has 1 heterocycles. The lowest BCUT2D eigenvalue weighted by atomic mass is 10.0. The maximum atomic E-state index is 12.3. The molecule has 2 aromatic carbocycles. The summed E-state index contributed by atoms with van der Waals surface area (Å²) in [5.41, 5.74) is 2.97. The second-order valence-corrected chi connectivity index (χ2v) is 8.20. The van der Waals surface area contributed by atoms with Crippen LogP contribution in [0.15, 0.2) is 66.3 Å². The summed E-state index contributed by atoms with van der Waals surface area (Å²) < 4.78 is 1.97. The van der Waals surface area contributed by atoms with Gasteiger partial charge >= 0.3 is 0 Å². The van der Waals surface area contributed by atoms with Gasteiger partial charge in [-0.15, -0.1) is 16.8 Å². The van der Waals surface area contributed by atoms with E-state index in [1.807, 2.05) is 4.57 Å². The van der Waals surface area contributed by atoms with Crippen LogP contribution in [0.2, 0.25) is 5.02 Å². The number of allylic oxidation sites excluding steroid dienone is 1. The van der Waals surface area contributed by atoms with E-state index in [-0.39, 0.29) is 11.7 Å². The Bertz CT molecular complexity index is 981. The van der Waals surface area contributed by atoms with Gasteiger partial charge in [-0.05, 0) is 35.7 Å². The van der Waals surface area contributed by atoms with E-state index in [9.17, 15) is 4.79 Å². The fourth-order valence-electron chi connectivity index (χ4n) is 2.78. The third-order valence-corrected chi connectivity index (χ3v) is 5.54. The van der Waals surface area contributed by atoms with Gasteiger partial charge in [-0.25, -0.2) is 0 Å². The Labute approximate surface area is 180 Å². The first-order valence-corrected chi connectivity index (χ1v) is 10.7. The Balaban J connectivity index is 1.71. The van der Waals surface area contributed by atoms with Crippen LogP contribution in [-0.4, -0.2) is 26.4 Å². The highest BCUT2D eigenvalue weighted by atomic mass is 35.5. The number of nitrogens with one attached hydrogen (secondary N) is 1. The minimum atomic E-state index is -0.117. The number of benzene rings is 2. The van der Waals surface area contributed by atoms with Crippen molar-refractivity contribution in [3.8, 4) is 11.4 Å². The quantitative estimate of drug-likeness (QED) is 0.374. The Hall–Kier alpha value is -2.57.